The normalized spacial score (nSPS) is 28.4. The zero-order valence-corrected chi connectivity index (χ0v) is 15.4. The quantitative estimate of drug-likeness (QED) is 0.771. The second-order valence-electron chi connectivity index (χ2n) is 7.14. The number of likely N-dealkylation sites (N-methyl/N-ethyl adjacent to an activating group) is 1. The zero-order valence-electron chi connectivity index (χ0n) is 15.4. The molecule has 22 heavy (non-hydrogen) atoms. The van der Waals surface area contributed by atoms with Gasteiger partial charge in [-0.3, -0.25) is 4.90 Å². The molecular formula is C18H38N4. The molecule has 0 bridgehead atoms. The summed E-state index contributed by atoms with van der Waals surface area (Å²) in [6.07, 6.45) is 5.57. The SMILES string of the molecule is CC.CN1CCC(N2CCC(N3CCN(C)CC3)CC2)CC1. The Balaban J connectivity index is 0.000000847. The van der Waals surface area contributed by atoms with Gasteiger partial charge in [0.15, 0.2) is 0 Å². The van der Waals surface area contributed by atoms with Crippen LogP contribution in [0, 0.1) is 0 Å². The van der Waals surface area contributed by atoms with Crippen LogP contribution in [0.1, 0.15) is 39.5 Å². The van der Waals surface area contributed by atoms with Gasteiger partial charge in [-0.2, -0.15) is 0 Å². The van der Waals surface area contributed by atoms with Crippen molar-refractivity contribution < 1.29 is 0 Å². The van der Waals surface area contributed by atoms with E-state index < -0.39 is 0 Å². The van der Waals surface area contributed by atoms with E-state index in [1.54, 1.807) is 0 Å². The van der Waals surface area contributed by atoms with E-state index >= 15 is 0 Å². The van der Waals surface area contributed by atoms with Gasteiger partial charge < -0.3 is 14.7 Å². The largest absolute Gasteiger partial charge is 0.306 e. The van der Waals surface area contributed by atoms with Crippen LogP contribution in [0.5, 0.6) is 0 Å². The van der Waals surface area contributed by atoms with Gasteiger partial charge in [-0.25, -0.2) is 0 Å². The predicted molar refractivity (Wildman–Crippen MR) is 95.5 cm³/mol. The highest BCUT2D eigenvalue weighted by Crippen LogP contribution is 2.23. The second kappa shape index (κ2) is 9.21. The molecule has 0 saturated carbocycles. The summed E-state index contributed by atoms with van der Waals surface area (Å²) in [5.74, 6) is 0. The highest BCUT2D eigenvalue weighted by molar-refractivity contribution is 4.87. The molecule has 0 atom stereocenters. The van der Waals surface area contributed by atoms with Crippen LogP contribution < -0.4 is 0 Å². The van der Waals surface area contributed by atoms with E-state index in [0.717, 1.165) is 12.1 Å². The number of hydrogen-bond acceptors (Lipinski definition) is 4. The molecule has 0 spiro atoms. The first kappa shape index (κ1) is 18.2. The average Bonchev–Trinajstić information content (AvgIpc) is 2.58. The van der Waals surface area contributed by atoms with Crippen molar-refractivity contribution in [1.82, 2.24) is 19.6 Å². The van der Waals surface area contributed by atoms with Crippen molar-refractivity contribution >= 4 is 0 Å². The van der Waals surface area contributed by atoms with Crippen LogP contribution in [0.4, 0.5) is 0 Å². The van der Waals surface area contributed by atoms with E-state index in [1.165, 1.54) is 78.0 Å². The summed E-state index contributed by atoms with van der Waals surface area (Å²) < 4.78 is 0. The van der Waals surface area contributed by atoms with Gasteiger partial charge in [-0.05, 0) is 66.0 Å². The first-order valence-electron chi connectivity index (χ1n) is 9.57. The third kappa shape index (κ3) is 4.92. The molecule has 4 heteroatoms. The van der Waals surface area contributed by atoms with Crippen molar-refractivity contribution in [2.75, 3.05) is 66.5 Å². The Kier molecular flexibility index (Phi) is 7.61. The molecule has 130 valence electrons. The van der Waals surface area contributed by atoms with Gasteiger partial charge >= 0.3 is 0 Å². The Labute approximate surface area is 138 Å². The predicted octanol–water partition coefficient (Wildman–Crippen LogP) is 1.82. The topological polar surface area (TPSA) is 13.0 Å². The summed E-state index contributed by atoms with van der Waals surface area (Å²) in [4.78, 5) is 10.5. The summed E-state index contributed by atoms with van der Waals surface area (Å²) in [5, 5.41) is 0. The molecule has 0 N–H and O–H groups in total. The van der Waals surface area contributed by atoms with Crippen LogP contribution >= 0.6 is 0 Å². The maximum absolute atomic E-state index is 2.79. The van der Waals surface area contributed by atoms with E-state index in [1.807, 2.05) is 13.8 Å². The van der Waals surface area contributed by atoms with Gasteiger partial charge in [0.2, 0.25) is 0 Å². The molecule has 0 aromatic heterocycles. The molecule has 3 aliphatic rings. The van der Waals surface area contributed by atoms with E-state index in [4.69, 9.17) is 0 Å². The van der Waals surface area contributed by atoms with Gasteiger partial charge in [0.05, 0.1) is 0 Å². The Morgan fingerprint density at radius 1 is 0.500 bits per heavy atom. The zero-order chi connectivity index (χ0) is 15.9. The van der Waals surface area contributed by atoms with E-state index in [2.05, 4.69) is 33.7 Å². The molecule has 3 heterocycles. The Morgan fingerprint density at radius 2 is 0.864 bits per heavy atom. The highest BCUT2D eigenvalue weighted by Gasteiger charge is 2.30. The van der Waals surface area contributed by atoms with Crippen molar-refractivity contribution in [3.63, 3.8) is 0 Å². The maximum Gasteiger partial charge on any atom is 0.0121 e. The fourth-order valence-corrected chi connectivity index (χ4v) is 4.16. The first-order valence-corrected chi connectivity index (χ1v) is 9.57. The monoisotopic (exact) mass is 310 g/mol. The van der Waals surface area contributed by atoms with Crippen molar-refractivity contribution in [2.24, 2.45) is 0 Å². The van der Waals surface area contributed by atoms with Gasteiger partial charge in [-0.1, -0.05) is 13.8 Å². The lowest BCUT2D eigenvalue weighted by atomic mass is 9.97. The molecule has 3 aliphatic heterocycles. The Morgan fingerprint density at radius 3 is 1.36 bits per heavy atom. The minimum atomic E-state index is 0.867. The summed E-state index contributed by atoms with van der Waals surface area (Å²) >= 11 is 0. The van der Waals surface area contributed by atoms with Crippen LogP contribution in [-0.2, 0) is 0 Å². The van der Waals surface area contributed by atoms with Crippen molar-refractivity contribution in [3.05, 3.63) is 0 Å². The number of nitrogens with zero attached hydrogens (tertiary/aromatic N) is 4. The standard InChI is InChI=1S/C16H32N4.C2H6/c1-17-7-3-15(4-8-17)19-9-5-16(6-10-19)20-13-11-18(2)12-14-20;1-2/h15-16H,3-14H2,1-2H3;1-2H3. The molecule has 0 amide bonds. The molecule has 3 rings (SSSR count). The lowest BCUT2D eigenvalue weighted by Gasteiger charge is -2.45. The van der Waals surface area contributed by atoms with Crippen molar-refractivity contribution in [1.29, 1.82) is 0 Å². The molecule has 3 fully saturated rings. The number of likely N-dealkylation sites (tertiary alicyclic amines) is 2. The van der Waals surface area contributed by atoms with Gasteiger partial charge in [0.25, 0.3) is 0 Å². The third-order valence-corrected chi connectivity index (χ3v) is 5.76. The maximum atomic E-state index is 2.79. The second-order valence-corrected chi connectivity index (χ2v) is 7.14. The fourth-order valence-electron chi connectivity index (χ4n) is 4.16. The number of rotatable bonds is 2. The fraction of sp³-hybridized carbons (Fsp3) is 1.00. The van der Waals surface area contributed by atoms with Crippen LogP contribution in [0.15, 0.2) is 0 Å². The van der Waals surface area contributed by atoms with Gasteiger partial charge in [0, 0.05) is 38.3 Å². The van der Waals surface area contributed by atoms with E-state index in [9.17, 15) is 0 Å². The molecule has 0 aliphatic carbocycles. The first-order chi connectivity index (χ1) is 10.7. The smallest absolute Gasteiger partial charge is 0.0121 e. The summed E-state index contributed by atoms with van der Waals surface area (Å²) in [6, 6.07) is 1.74. The minimum Gasteiger partial charge on any atom is -0.306 e. The van der Waals surface area contributed by atoms with Gasteiger partial charge in [-0.15, -0.1) is 0 Å². The van der Waals surface area contributed by atoms with Crippen molar-refractivity contribution in [3.8, 4) is 0 Å². The highest BCUT2D eigenvalue weighted by atomic mass is 15.3. The average molecular weight is 311 g/mol. The molecule has 0 aromatic rings. The third-order valence-electron chi connectivity index (χ3n) is 5.76. The van der Waals surface area contributed by atoms with Crippen LogP contribution in [-0.4, -0.2) is 98.1 Å². The lowest BCUT2D eigenvalue weighted by molar-refractivity contribution is 0.0404. The summed E-state index contributed by atoms with van der Waals surface area (Å²) in [5.41, 5.74) is 0. The Bertz CT molecular complexity index is 255. The van der Waals surface area contributed by atoms with Gasteiger partial charge in [0.1, 0.15) is 0 Å². The van der Waals surface area contributed by atoms with Crippen LogP contribution in [0.25, 0.3) is 0 Å². The molecule has 3 saturated heterocycles. The molecule has 0 unspecified atom stereocenters. The summed E-state index contributed by atoms with van der Waals surface area (Å²) in [7, 11) is 4.51. The lowest BCUT2D eigenvalue weighted by Crippen LogP contribution is -2.54. The van der Waals surface area contributed by atoms with Crippen LogP contribution in [0.3, 0.4) is 0 Å². The Hall–Kier alpha value is -0.160. The minimum absolute atomic E-state index is 0.867. The van der Waals surface area contributed by atoms with E-state index in [-0.39, 0.29) is 0 Å². The molecular weight excluding hydrogens is 272 g/mol. The number of hydrogen-bond donors (Lipinski definition) is 0. The van der Waals surface area contributed by atoms with Crippen molar-refractivity contribution in [2.45, 2.75) is 51.6 Å². The number of piperazine rings is 1. The number of piperidine rings is 2. The van der Waals surface area contributed by atoms with Crippen LogP contribution in [0.2, 0.25) is 0 Å². The molecule has 0 aromatic carbocycles. The molecule has 0 radical (unpaired) electrons. The van der Waals surface area contributed by atoms with E-state index in [0.29, 0.717) is 0 Å². The summed E-state index contributed by atoms with van der Waals surface area (Å²) in [6.45, 7) is 14.4. The molecule has 4 nitrogen and oxygen atoms in total.